The smallest absolute Gasteiger partial charge is 0.00788 e. The molecule has 2 rings (SSSR count). The Morgan fingerprint density at radius 3 is 2.91 bits per heavy atom. The van der Waals surface area contributed by atoms with Gasteiger partial charge in [0.2, 0.25) is 0 Å². The van der Waals surface area contributed by atoms with Crippen LogP contribution in [0.15, 0.2) is 17.5 Å². The van der Waals surface area contributed by atoms with E-state index < -0.39 is 0 Å². The highest BCUT2D eigenvalue weighted by atomic mass is 32.1. The van der Waals surface area contributed by atoms with E-state index in [1.807, 2.05) is 11.3 Å². The van der Waals surface area contributed by atoms with Crippen molar-refractivity contribution in [2.24, 2.45) is 5.92 Å². The molecule has 0 radical (unpaired) electrons. The first kappa shape index (κ1) is 7.35. The van der Waals surface area contributed by atoms with Crippen LogP contribution in [0.25, 0.3) is 0 Å². The van der Waals surface area contributed by atoms with Crippen LogP contribution in [0.4, 0.5) is 0 Å². The third kappa shape index (κ3) is 1.34. The fourth-order valence-corrected chi connectivity index (χ4v) is 3.07. The summed E-state index contributed by atoms with van der Waals surface area (Å²) < 4.78 is 0. The molecule has 1 aromatic rings. The molecular weight excluding hydrogens is 152 g/mol. The van der Waals surface area contributed by atoms with Crippen LogP contribution in [0.1, 0.15) is 37.0 Å². The number of thiophene rings is 1. The Labute approximate surface area is 72.3 Å². The largest absolute Gasteiger partial charge is 0.149 e. The van der Waals surface area contributed by atoms with Crippen molar-refractivity contribution in [1.29, 1.82) is 0 Å². The maximum absolute atomic E-state index is 2.39. The minimum Gasteiger partial charge on any atom is -0.149 e. The summed E-state index contributed by atoms with van der Waals surface area (Å²) in [6.45, 7) is 2.39. The van der Waals surface area contributed by atoms with Crippen molar-refractivity contribution in [3.8, 4) is 0 Å². The second-order valence-corrected chi connectivity index (χ2v) is 4.51. The molecule has 0 aliphatic heterocycles. The van der Waals surface area contributed by atoms with Gasteiger partial charge in [0.25, 0.3) is 0 Å². The Balaban J connectivity index is 2.16. The standard InChI is InChI=1S/C10H14S/c1-8-4-2-5-9(8)10-6-3-7-11-10/h3,6-9H,2,4-5H2,1H3. The van der Waals surface area contributed by atoms with Gasteiger partial charge in [-0.1, -0.05) is 25.8 Å². The lowest BCUT2D eigenvalue weighted by molar-refractivity contribution is 0.540. The fraction of sp³-hybridized carbons (Fsp3) is 0.600. The molecule has 0 aromatic carbocycles. The highest BCUT2D eigenvalue weighted by molar-refractivity contribution is 7.10. The van der Waals surface area contributed by atoms with Gasteiger partial charge in [-0.15, -0.1) is 11.3 Å². The van der Waals surface area contributed by atoms with Gasteiger partial charge in [-0.05, 0) is 29.7 Å². The summed E-state index contributed by atoms with van der Waals surface area (Å²) in [6, 6.07) is 4.46. The molecule has 1 heterocycles. The zero-order valence-electron chi connectivity index (χ0n) is 6.92. The van der Waals surface area contributed by atoms with Crippen molar-refractivity contribution in [2.75, 3.05) is 0 Å². The van der Waals surface area contributed by atoms with Crippen LogP contribution < -0.4 is 0 Å². The number of hydrogen-bond donors (Lipinski definition) is 0. The summed E-state index contributed by atoms with van der Waals surface area (Å²) in [5, 5.41) is 2.19. The molecule has 11 heavy (non-hydrogen) atoms. The molecule has 1 aromatic heterocycles. The zero-order chi connectivity index (χ0) is 7.68. The van der Waals surface area contributed by atoms with Crippen LogP contribution in [-0.2, 0) is 0 Å². The third-order valence-corrected chi connectivity index (χ3v) is 3.77. The first-order valence-corrected chi connectivity index (χ1v) is 5.29. The molecule has 0 nitrogen and oxygen atoms in total. The van der Waals surface area contributed by atoms with E-state index in [0.717, 1.165) is 11.8 Å². The lowest BCUT2D eigenvalue weighted by Crippen LogP contribution is -1.98. The maximum atomic E-state index is 2.39. The minimum atomic E-state index is 0.884. The van der Waals surface area contributed by atoms with E-state index in [1.54, 1.807) is 4.88 Å². The second kappa shape index (κ2) is 2.98. The minimum absolute atomic E-state index is 0.884. The fourth-order valence-electron chi connectivity index (χ4n) is 2.07. The van der Waals surface area contributed by atoms with Gasteiger partial charge in [0, 0.05) is 4.88 Å². The van der Waals surface area contributed by atoms with Crippen molar-refractivity contribution >= 4 is 11.3 Å². The Bertz CT molecular complexity index is 213. The molecule has 0 spiro atoms. The Kier molecular flexibility index (Phi) is 1.99. The highest BCUT2D eigenvalue weighted by Gasteiger charge is 2.24. The van der Waals surface area contributed by atoms with Crippen LogP contribution in [0.2, 0.25) is 0 Å². The van der Waals surface area contributed by atoms with Crippen molar-refractivity contribution in [2.45, 2.75) is 32.1 Å². The maximum Gasteiger partial charge on any atom is 0.00788 e. The quantitative estimate of drug-likeness (QED) is 0.597. The molecule has 2 atom stereocenters. The monoisotopic (exact) mass is 166 g/mol. The topological polar surface area (TPSA) is 0 Å². The Morgan fingerprint density at radius 2 is 2.36 bits per heavy atom. The van der Waals surface area contributed by atoms with Crippen molar-refractivity contribution in [3.05, 3.63) is 22.4 Å². The summed E-state index contributed by atoms with van der Waals surface area (Å²) in [6.07, 6.45) is 4.29. The Morgan fingerprint density at radius 1 is 1.45 bits per heavy atom. The molecule has 1 aliphatic carbocycles. The molecular formula is C10H14S. The van der Waals surface area contributed by atoms with Crippen LogP contribution in [0, 0.1) is 5.92 Å². The van der Waals surface area contributed by atoms with Gasteiger partial charge in [0.1, 0.15) is 0 Å². The predicted octanol–water partition coefficient (Wildman–Crippen LogP) is 3.65. The first-order valence-electron chi connectivity index (χ1n) is 4.41. The molecule has 1 saturated carbocycles. The van der Waals surface area contributed by atoms with Gasteiger partial charge in [-0.3, -0.25) is 0 Å². The molecule has 1 fully saturated rings. The molecule has 0 bridgehead atoms. The van der Waals surface area contributed by atoms with Crippen molar-refractivity contribution in [1.82, 2.24) is 0 Å². The van der Waals surface area contributed by atoms with Crippen LogP contribution in [0.5, 0.6) is 0 Å². The highest BCUT2D eigenvalue weighted by Crippen LogP contribution is 2.40. The van der Waals surface area contributed by atoms with Gasteiger partial charge in [-0.2, -0.15) is 0 Å². The van der Waals surface area contributed by atoms with E-state index in [-0.39, 0.29) is 0 Å². The van der Waals surface area contributed by atoms with Crippen molar-refractivity contribution < 1.29 is 0 Å². The summed E-state index contributed by atoms with van der Waals surface area (Å²) in [4.78, 5) is 1.61. The molecule has 1 aliphatic rings. The average molecular weight is 166 g/mol. The molecule has 60 valence electrons. The van der Waals surface area contributed by atoms with Gasteiger partial charge >= 0.3 is 0 Å². The van der Waals surface area contributed by atoms with Gasteiger partial charge < -0.3 is 0 Å². The molecule has 0 saturated heterocycles. The molecule has 0 N–H and O–H groups in total. The van der Waals surface area contributed by atoms with Gasteiger partial charge in [0.05, 0.1) is 0 Å². The van der Waals surface area contributed by atoms with E-state index in [9.17, 15) is 0 Å². The second-order valence-electron chi connectivity index (χ2n) is 3.53. The number of rotatable bonds is 1. The van der Waals surface area contributed by atoms with E-state index in [1.165, 1.54) is 19.3 Å². The summed E-state index contributed by atoms with van der Waals surface area (Å²) in [5.74, 6) is 1.81. The molecule has 0 amide bonds. The summed E-state index contributed by atoms with van der Waals surface area (Å²) in [5.41, 5.74) is 0. The van der Waals surface area contributed by atoms with E-state index in [4.69, 9.17) is 0 Å². The normalized spacial score (nSPS) is 31.0. The van der Waals surface area contributed by atoms with E-state index in [2.05, 4.69) is 24.4 Å². The zero-order valence-corrected chi connectivity index (χ0v) is 7.73. The van der Waals surface area contributed by atoms with Gasteiger partial charge in [-0.25, -0.2) is 0 Å². The first-order chi connectivity index (χ1) is 5.38. The summed E-state index contributed by atoms with van der Waals surface area (Å²) >= 11 is 1.92. The van der Waals surface area contributed by atoms with Crippen LogP contribution >= 0.6 is 11.3 Å². The van der Waals surface area contributed by atoms with E-state index in [0.29, 0.717) is 0 Å². The lowest BCUT2D eigenvalue weighted by Gasteiger charge is -2.12. The average Bonchev–Trinajstić information content (AvgIpc) is 2.55. The van der Waals surface area contributed by atoms with Gasteiger partial charge in [0.15, 0.2) is 0 Å². The molecule has 1 heteroatoms. The summed E-state index contributed by atoms with van der Waals surface area (Å²) in [7, 11) is 0. The predicted molar refractivity (Wildman–Crippen MR) is 50.1 cm³/mol. The van der Waals surface area contributed by atoms with Crippen LogP contribution in [-0.4, -0.2) is 0 Å². The third-order valence-electron chi connectivity index (χ3n) is 2.77. The van der Waals surface area contributed by atoms with Crippen molar-refractivity contribution in [3.63, 3.8) is 0 Å². The SMILES string of the molecule is CC1CCCC1c1cccs1. The Hall–Kier alpha value is -0.300. The number of hydrogen-bond acceptors (Lipinski definition) is 1. The molecule has 2 unspecified atom stereocenters. The van der Waals surface area contributed by atoms with E-state index >= 15 is 0 Å². The van der Waals surface area contributed by atoms with Crippen LogP contribution in [0.3, 0.4) is 0 Å². The lowest BCUT2D eigenvalue weighted by atomic mass is 9.97.